The van der Waals surface area contributed by atoms with Crippen LogP contribution in [0.2, 0.25) is 0 Å². The predicted octanol–water partition coefficient (Wildman–Crippen LogP) is 0.351. The molecule has 0 saturated carbocycles. The van der Waals surface area contributed by atoms with E-state index in [2.05, 4.69) is 10.3 Å². The predicted molar refractivity (Wildman–Crippen MR) is 109 cm³/mol. The minimum absolute atomic E-state index is 0.0510. The maximum absolute atomic E-state index is 12.8. The van der Waals surface area contributed by atoms with Crippen LogP contribution in [0.5, 0.6) is 0 Å². The molecule has 9 nitrogen and oxygen atoms in total. The number of likely N-dealkylation sites (tertiary alicyclic amines) is 1. The van der Waals surface area contributed by atoms with Gasteiger partial charge in [-0.1, -0.05) is 0 Å². The fourth-order valence-corrected chi connectivity index (χ4v) is 4.38. The molecule has 2 aliphatic heterocycles. The summed E-state index contributed by atoms with van der Waals surface area (Å²) in [6.45, 7) is 6.84. The number of amides is 2. The Labute approximate surface area is 175 Å². The average molecular weight is 421 g/mol. The smallest absolute Gasteiger partial charge is 0.254 e. The van der Waals surface area contributed by atoms with Crippen molar-refractivity contribution in [2.45, 2.75) is 57.3 Å². The molecule has 1 spiro atoms. The summed E-state index contributed by atoms with van der Waals surface area (Å²) in [7, 11) is 0. The molecule has 2 amide bonds. The summed E-state index contributed by atoms with van der Waals surface area (Å²) in [4.78, 5) is 41.0. The number of aliphatic hydroxyl groups is 1. The highest BCUT2D eigenvalue weighted by Gasteiger charge is 2.50. The van der Waals surface area contributed by atoms with Gasteiger partial charge in [0.05, 0.1) is 17.7 Å². The van der Waals surface area contributed by atoms with Gasteiger partial charge in [0.2, 0.25) is 11.5 Å². The Balaban J connectivity index is 1.65. The highest BCUT2D eigenvalue weighted by atomic mass is 16.5. The number of hydrogen-bond acceptors (Lipinski definition) is 6. The van der Waals surface area contributed by atoms with Gasteiger partial charge in [-0.05, 0) is 39.7 Å². The van der Waals surface area contributed by atoms with Crippen LogP contribution in [0.25, 0.3) is 0 Å². The van der Waals surface area contributed by atoms with Crippen LogP contribution in [0.4, 0.5) is 0 Å². The van der Waals surface area contributed by atoms with Crippen molar-refractivity contribution in [1.82, 2.24) is 15.2 Å². The normalized spacial score (nSPS) is 25.9. The molecule has 166 valence electrons. The van der Waals surface area contributed by atoms with Crippen LogP contribution >= 0.6 is 0 Å². The zero-order chi connectivity index (χ0) is 21.9. The van der Waals surface area contributed by atoms with E-state index in [9.17, 15) is 19.5 Å². The van der Waals surface area contributed by atoms with Gasteiger partial charge < -0.3 is 29.8 Å². The second-order valence-corrected chi connectivity index (χ2v) is 8.50. The summed E-state index contributed by atoms with van der Waals surface area (Å²) in [5.74, 6) is -0.449. The lowest BCUT2D eigenvalue weighted by molar-refractivity contribution is -0.180. The third kappa shape index (κ3) is 4.91. The fraction of sp³-hybridized carbons (Fsp3) is 0.667. The monoisotopic (exact) mass is 421 g/mol. The maximum atomic E-state index is 12.8. The van der Waals surface area contributed by atoms with E-state index in [1.165, 1.54) is 6.07 Å². The molecule has 3 rings (SSSR count). The summed E-state index contributed by atoms with van der Waals surface area (Å²) in [6, 6.07) is 2.99. The zero-order valence-electron chi connectivity index (χ0n) is 17.8. The van der Waals surface area contributed by atoms with Crippen LogP contribution in [-0.2, 0) is 14.3 Å². The van der Waals surface area contributed by atoms with Gasteiger partial charge in [0.25, 0.3) is 5.91 Å². The van der Waals surface area contributed by atoms with Crippen LogP contribution in [0.15, 0.2) is 16.9 Å². The Hall–Kier alpha value is -2.23. The Morgan fingerprint density at radius 1 is 1.37 bits per heavy atom. The number of rotatable bonds is 5. The minimum atomic E-state index is -0.831. The molecule has 0 aromatic carbocycles. The summed E-state index contributed by atoms with van der Waals surface area (Å²) >= 11 is 0. The number of aromatic nitrogens is 1. The lowest BCUT2D eigenvalue weighted by Gasteiger charge is -2.52. The summed E-state index contributed by atoms with van der Waals surface area (Å²) in [5.41, 5.74) is -0.631. The molecule has 0 radical (unpaired) electrons. The Bertz CT molecular complexity index is 845. The number of nitrogens with zero attached hydrogens (tertiary/aromatic N) is 1. The third-order valence-corrected chi connectivity index (χ3v) is 6.02. The number of piperidine rings is 1. The first kappa shape index (κ1) is 22.5. The van der Waals surface area contributed by atoms with E-state index in [-0.39, 0.29) is 30.6 Å². The molecular formula is C21H31N3O6. The number of pyridine rings is 1. The number of ether oxygens (including phenoxy) is 2. The second kappa shape index (κ2) is 8.87. The molecule has 0 bridgehead atoms. The molecule has 9 heteroatoms. The van der Waals surface area contributed by atoms with Crippen molar-refractivity contribution in [1.29, 1.82) is 0 Å². The second-order valence-electron chi connectivity index (χ2n) is 8.50. The molecule has 3 N–H and O–H groups in total. The Morgan fingerprint density at radius 2 is 2.07 bits per heavy atom. The van der Waals surface area contributed by atoms with Crippen molar-refractivity contribution >= 4 is 11.8 Å². The number of nitrogens with one attached hydrogen (secondary N) is 2. The van der Waals surface area contributed by atoms with Crippen molar-refractivity contribution in [3.8, 4) is 0 Å². The summed E-state index contributed by atoms with van der Waals surface area (Å²) in [5, 5.41) is 13.4. The van der Waals surface area contributed by atoms with Crippen LogP contribution < -0.4 is 10.9 Å². The van der Waals surface area contributed by atoms with E-state index in [1.807, 2.05) is 13.8 Å². The van der Waals surface area contributed by atoms with Gasteiger partial charge in [-0.15, -0.1) is 0 Å². The van der Waals surface area contributed by atoms with E-state index < -0.39 is 17.2 Å². The number of carbonyl (C=O) groups excluding carboxylic acids is 2. The third-order valence-electron chi connectivity index (χ3n) is 6.02. The van der Waals surface area contributed by atoms with Gasteiger partial charge in [-0.25, -0.2) is 0 Å². The van der Waals surface area contributed by atoms with Gasteiger partial charge in [0.1, 0.15) is 12.7 Å². The van der Waals surface area contributed by atoms with E-state index >= 15 is 0 Å². The van der Waals surface area contributed by atoms with Crippen molar-refractivity contribution in [2.75, 3.05) is 32.9 Å². The van der Waals surface area contributed by atoms with Crippen LogP contribution in [0.3, 0.4) is 0 Å². The van der Waals surface area contributed by atoms with E-state index in [1.54, 1.807) is 17.9 Å². The summed E-state index contributed by atoms with van der Waals surface area (Å²) in [6.07, 6.45) is 0.799. The van der Waals surface area contributed by atoms with Gasteiger partial charge in [0, 0.05) is 43.4 Å². The van der Waals surface area contributed by atoms with Gasteiger partial charge in [-0.2, -0.15) is 0 Å². The summed E-state index contributed by atoms with van der Waals surface area (Å²) < 4.78 is 11.2. The lowest BCUT2D eigenvalue weighted by atomic mass is 9.74. The van der Waals surface area contributed by atoms with E-state index in [0.29, 0.717) is 50.2 Å². The van der Waals surface area contributed by atoms with Crippen LogP contribution in [0.1, 0.15) is 49.2 Å². The molecule has 2 fully saturated rings. The van der Waals surface area contributed by atoms with Gasteiger partial charge in [-0.3, -0.25) is 14.4 Å². The molecule has 30 heavy (non-hydrogen) atoms. The Kier molecular flexibility index (Phi) is 6.64. The first-order valence-corrected chi connectivity index (χ1v) is 10.4. The molecule has 2 aliphatic rings. The number of aromatic amines is 1. The van der Waals surface area contributed by atoms with Crippen molar-refractivity contribution in [3.63, 3.8) is 0 Å². The number of aryl methyl sites for hydroxylation is 1. The molecule has 0 aliphatic carbocycles. The van der Waals surface area contributed by atoms with Gasteiger partial charge >= 0.3 is 0 Å². The molecular weight excluding hydrogens is 390 g/mol. The number of hydrogen-bond donors (Lipinski definition) is 3. The average Bonchev–Trinajstić information content (AvgIpc) is 2.69. The number of aliphatic hydroxyl groups excluding tert-OH is 1. The molecule has 2 atom stereocenters. The molecule has 1 aromatic rings. The van der Waals surface area contributed by atoms with E-state index in [0.717, 1.165) is 0 Å². The molecule has 1 aromatic heterocycles. The molecule has 0 unspecified atom stereocenters. The minimum Gasteiger partial charge on any atom is -0.388 e. The maximum Gasteiger partial charge on any atom is 0.254 e. The van der Waals surface area contributed by atoms with Crippen molar-refractivity contribution < 1.29 is 24.2 Å². The van der Waals surface area contributed by atoms with Crippen LogP contribution in [0, 0.1) is 6.92 Å². The SMILES string of the molecule is CCOCC(=O)N[C@@]1(C)CC2(CCN(C(=O)c3cc(C)[nH]c(=O)c3)CC2)OC[C@@H]1O. The van der Waals surface area contributed by atoms with Crippen molar-refractivity contribution in [2.24, 2.45) is 0 Å². The zero-order valence-corrected chi connectivity index (χ0v) is 17.8. The fourth-order valence-electron chi connectivity index (χ4n) is 4.38. The molecule has 3 heterocycles. The largest absolute Gasteiger partial charge is 0.388 e. The quantitative estimate of drug-likeness (QED) is 0.631. The number of H-pyrrole nitrogens is 1. The van der Waals surface area contributed by atoms with Gasteiger partial charge in [0.15, 0.2) is 0 Å². The molecule has 2 saturated heterocycles. The topological polar surface area (TPSA) is 121 Å². The highest BCUT2D eigenvalue weighted by Crippen LogP contribution is 2.39. The van der Waals surface area contributed by atoms with Crippen molar-refractivity contribution in [3.05, 3.63) is 33.7 Å². The standard InChI is InChI=1S/C21H31N3O6/c1-4-29-12-18(27)23-20(3)13-21(30-11-16(20)25)5-7-24(8-6-21)19(28)15-9-14(2)22-17(26)10-15/h9-10,16,25H,4-8,11-13H2,1-3H3,(H,22,26)(H,23,27)/t16-,20-/m0/s1. The Morgan fingerprint density at radius 3 is 2.70 bits per heavy atom. The number of carbonyl (C=O) groups is 2. The first-order valence-electron chi connectivity index (χ1n) is 10.4. The first-order chi connectivity index (χ1) is 14.2. The van der Waals surface area contributed by atoms with E-state index in [4.69, 9.17) is 9.47 Å². The highest BCUT2D eigenvalue weighted by molar-refractivity contribution is 5.94. The lowest BCUT2D eigenvalue weighted by Crippen LogP contribution is -2.66. The van der Waals surface area contributed by atoms with Crippen LogP contribution in [-0.4, -0.2) is 77.0 Å².